The van der Waals surface area contributed by atoms with Gasteiger partial charge in [-0.15, -0.1) is 5.10 Å². The van der Waals surface area contributed by atoms with Crippen LogP contribution < -0.4 is 10.5 Å². The molecule has 0 aliphatic heterocycles. The molecule has 90 valence electrons. The number of rotatable bonds is 4. The largest absolute Gasteiger partial charge is 0.496 e. The molecule has 0 amide bonds. The molecule has 0 atom stereocenters. The first-order chi connectivity index (χ1) is 8.30. The second-order valence-electron chi connectivity index (χ2n) is 3.67. The first-order valence-electron chi connectivity index (χ1n) is 5.56. The van der Waals surface area contributed by atoms with Crippen LogP contribution in [0.2, 0.25) is 0 Å². The van der Waals surface area contributed by atoms with E-state index in [-0.39, 0.29) is 0 Å². The fraction of sp³-hybridized carbons (Fsp3) is 0.333. The number of nitrogens with zero attached hydrogens (tertiary/aromatic N) is 3. The van der Waals surface area contributed by atoms with Crippen molar-refractivity contribution < 1.29 is 4.74 Å². The Morgan fingerprint density at radius 2 is 2.24 bits per heavy atom. The summed E-state index contributed by atoms with van der Waals surface area (Å²) in [6, 6.07) is 5.93. The summed E-state index contributed by atoms with van der Waals surface area (Å²) in [5.41, 5.74) is 8.73. The first-order valence-corrected chi connectivity index (χ1v) is 5.56. The summed E-state index contributed by atoms with van der Waals surface area (Å²) in [7, 11) is 1.64. The zero-order chi connectivity index (χ0) is 12.3. The number of aromatic nitrogens is 3. The highest BCUT2D eigenvalue weighted by atomic mass is 16.5. The van der Waals surface area contributed by atoms with Crippen molar-refractivity contribution in [2.75, 3.05) is 7.11 Å². The highest BCUT2D eigenvalue weighted by molar-refractivity contribution is 5.61. The lowest BCUT2D eigenvalue weighted by Crippen LogP contribution is -2.02. The van der Waals surface area contributed by atoms with Crippen molar-refractivity contribution in [2.24, 2.45) is 5.73 Å². The third kappa shape index (κ3) is 2.14. The van der Waals surface area contributed by atoms with Crippen molar-refractivity contribution in [3.63, 3.8) is 0 Å². The Morgan fingerprint density at radius 3 is 2.88 bits per heavy atom. The third-order valence-corrected chi connectivity index (χ3v) is 2.71. The molecule has 0 radical (unpaired) electrons. The molecule has 2 N–H and O–H groups in total. The van der Waals surface area contributed by atoms with Gasteiger partial charge in [0.15, 0.2) is 0 Å². The van der Waals surface area contributed by atoms with Gasteiger partial charge in [-0.2, -0.15) is 0 Å². The number of methoxy groups -OCH3 is 1. The highest BCUT2D eigenvalue weighted by Crippen LogP contribution is 2.25. The van der Waals surface area contributed by atoms with Crippen LogP contribution in [0.1, 0.15) is 12.5 Å². The molecule has 2 aromatic rings. The molecule has 0 aliphatic rings. The number of hydrogen-bond donors (Lipinski definition) is 1. The molecule has 1 aromatic carbocycles. The molecule has 1 heterocycles. The monoisotopic (exact) mass is 232 g/mol. The Balaban J connectivity index is 2.46. The lowest BCUT2D eigenvalue weighted by atomic mass is 10.1. The van der Waals surface area contributed by atoms with Gasteiger partial charge in [0.05, 0.1) is 19.0 Å². The van der Waals surface area contributed by atoms with E-state index < -0.39 is 0 Å². The van der Waals surface area contributed by atoms with Crippen molar-refractivity contribution in [1.29, 1.82) is 0 Å². The first kappa shape index (κ1) is 11.6. The molecule has 2 rings (SSSR count). The van der Waals surface area contributed by atoms with Crippen LogP contribution in [0.5, 0.6) is 5.75 Å². The van der Waals surface area contributed by atoms with Crippen molar-refractivity contribution in [1.82, 2.24) is 15.0 Å². The predicted octanol–water partition coefficient (Wildman–Crippen LogP) is 1.43. The van der Waals surface area contributed by atoms with E-state index in [1.807, 2.05) is 29.8 Å². The van der Waals surface area contributed by atoms with Crippen LogP contribution in [0.25, 0.3) is 11.3 Å². The number of hydrogen-bond acceptors (Lipinski definition) is 4. The second-order valence-corrected chi connectivity index (χ2v) is 3.67. The van der Waals surface area contributed by atoms with Crippen LogP contribution in [0.3, 0.4) is 0 Å². The Hall–Kier alpha value is -1.88. The van der Waals surface area contributed by atoms with Crippen LogP contribution in [0.15, 0.2) is 24.4 Å². The van der Waals surface area contributed by atoms with Crippen LogP contribution in [0, 0.1) is 0 Å². The van der Waals surface area contributed by atoms with E-state index in [2.05, 4.69) is 10.3 Å². The van der Waals surface area contributed by atoms with Gasteiger partial charge in [0, 0.05) is 24.2 Å². The molecule has 1 aromatic heterocycles. The summed E-state index contributed by atoms with van der Waals surface area (Å²) in [5.74, 6) is 0.812. The van der Waals surface area contributed by atoms with Gasteiger partial charge in [-0.25, -0.2) is 4.68 Å². The summed E-state index contributed by atoms with van der Waals surface area (Å²) in [4.78, 5) is 0. The molecular weight excluding hydrogens is 216 g/mol. The van der Waals surface area contributed by atoms with Crippen LogP contribution in [0.4, 0.5) is 0 Å². The highest BCUT2D eigenvalue weighted by Gasteiger charge is 2.08. The van der Waals surface area contributed by atoms with E-state index in [0.717, 1.165) is 29.1 Å². The Bertz CT molecular complexity index is 507. The normalized spacial score (nSPS) is 10.5. The minimum atomic E-state index is 0.449. The fourth-order valence-corrected chi connectivity index (χ4v) is 1.81. The van der Waals surface area contributed by atoms with Gasteiger partial charge >= 0.3 is 0 Å². The van der Waals surface area contributed by atoms with E-state index in [1.54, 1.807) is 13.3 Å². The van der Waals surface area contributed by atoms with Gasteiger partial charge in [0.2, 0.25) is 0 Å². The molecule has 5 heteroatoms. The summed E-state index contributed by atoms with van der Waals surface area (Å²) in [5, 5.41) is 7.93. The van der Waals surface area contributed by atoms with Crippen molar-refractivity contribution in [3.05, 3.63) is 30.0 Å². The Labute approximate surface area is 100 Å². The molecule has 0 unspecified atom stereocenters. The number of nitrogens with two attached hydrogens (primary N) is 1. The average molecular weight is 232 g/mol. The standard InChI is InChI=1S/C12H16N4O/c1-3-16-11(8-14-15-16)9-4-5-12(17-2)10(6-9)7-13/h4-6,8H,3,7,13H2,1-2H3. The molecule has 0 saturated heterocycles. The zero-order valence-corrected chi connectivity index (χ0v) is 10.1. The quantitative estimate of drug-likeness (QED) is 0.866. The van der Waals surface area contributed by atoms with E-state index >= 15 is 0 Å². The number of benzene rings is 1. The third-order valence-electron chi connectivity index (χ3n) is 2.71. The Kier molecular flexibility index (Phi) is 3.39. The topological polar surface area (TPSA) is 66.0 Å². The van der Waals surface area contributed by atoms with Crippen molar-refractivity contribution >= 4 is 0 Å². The van der Waals surface area contributed by atoms with Gasteiger partial charge in [-0.1, -0.05) is 5.21 Å². The maximum Gasteiger partial charge on any atom is 0.123 e. The molecule has 17 heavy (non-hydrogen) atoms. The van der Waals surface area contributed by atoms with Crippen LogP contribution >= 0.6 is 0 Å². The minimum Gasteiger partial charge on any atom is -0.496 e. The van der Waals surface area contributed by atoms with Gasteiger partial charge in [-0.3, -0.25) is 0 Å². The lowest BCUT2D eigenvalue weighted by Gasteiger charge is -2.09. The summed E-state index contributed by atoms with van der Waals surface area (Å²) in [6.45, 7) is 3.27. The Morgan fingerprint density at radius 1 is 1.41 bits per heavy atom. The molecule has 0 fully saturated rings. The minimum absolute atomic E-state index is 0.449. The summed E-state index contributed by atoms with van der Waals surface area (Å²) in [6.07, 6.45) is 1.76. The lowest BCUT2D eigenvalue weighted by molar-refractivity contribution is 0.410. The molecular formula is C12H16N4O. The molecule has 0 aliphatic carbocycles. The maximum atomic E-state index is 5.70. The predicted molar refractivity (Wildman–Crippen MR) is 65.6 cm³/mol. The molecule has 0 spiro atoms. The zero-order valence-electron chi connectivity index (χ0n) is 10.1. The number of aryl methyl sites for hydroxylation is 1. The van der Waals surface area contributed by atoms with Crippen molar-refractivity contribution in [2.45, 2.75) is 20.0 Å². The van der Waals surface area contributed by atoms with E-state index in [1.165, 1.54) is 0 Å². The van der Waals surface area contributed by atoms with Gasteiger partial charge in [-0.05, 0) is 25.1 Å². The number of ether oxygens (including phenoxy) is 1. The summed E-state index contributed by atoms with van der Waals surface area (Å²) < 4.78 is 7.10. The smallest absolute Gasteiger partial charge is 0.123 e. The fourth-order valence-electron chi connectivity index (χ4n) is 1.81. The summed E-state index contributed by atoms with van der Waals surface area (Å²) >= 11 is 0. The average Bonchev–Trinajstić information content (AvgIpc) is 2.86. The van der Waals surface area contributed by atoms with Crippen molar-refractivity contribution in [3.8, 4) is 17.0 Å². The molecule has 5 nitrogen and oxygen atoms in total. The maximum absolute atomic E-state index is 5.70. The molecule has 0 saturated carbocycles. The van der Waals surface area contributed by atoms with Gasteiger partial charge < -0.3 is 10.5 Å². The van der Waals surface area contributed by atoms with Gasteiger partial charge in [0.1, 0.15) is 5.75 Å². The molecule has 0 bridgehead atoms. The van der Waals surface area contributed by atoms with E-state index in [9.17, 15) is 0 Å². The van der Waals surface area contributed by atoms with Crippen LogP contribution in [-0.2, 0) is 13.1 Å². The van der Waals surface area contributed by atoms with E-state index in [0.29, 0.717) is 6.54 Å². The second kappa shape index (κ2) is 4.97. The van der Waals surface area contributed by atoms with E-state index in [4.69, 9.17) is 10.5 Å². The van der Waals surface area contributed by atoms with Crippen LogP contribution in [-0.4, -0.2) is 22.1 Å². The van der Waals surface area contributed by atoms with Gasteiger partial charge in [0.25, 0.3) is 0 Å². The SMILES string of the molecule is CCn1nncc1-c1ccc(OC)c(CN)c1.